The van der Waals surface area contributed by atoms with Gasteiger partial charge in [-0.05, 0) is 31.9 Å². The van der Waals surface area contributed by atoms with Gasteiger partial charge in [0, 0.05) is 11.6 Å². The maximum absolute atomic E-state index is 14.4. The molecule has 2 aliphatic rings. The van der Waals surface area contributed by atoms with Crippen molar-refractivity contribution in [3.63, 3.8) is 0 Å². The molecular weight excluding hydrogens is 261 g/mol. The lowest BCUT2D eigenvalue weighted by Crippen LogP contribution is -2.35. The Hall–Kier alpha value is -1.49. The van der Waals surface area contributed by atoms with Gasteiger partial charge in [-0.2, -0.15) is 4.39 Å². The second kappa shape index (κ2) is 5.87. The molecule has 1 N–H and O–H groups in total. The second-order valence-electron chi connectivity index (χ2n) is 5.26. The van der Waals surface area contributed by atoms with Crippen LogP contribution in [0.5, 0.6) is 17.2 Å². The lowest BCUT2D eigenvalue weighted by Gasteiger charge is -2.26. The number of benzene rings is 1. The highest BCUT2D eigenvalue weighted by Crippen LogP contribution is 2.41. The minimum absolute atomic E-state index is 0.174. The van der Waals surface area contributed by atoms with Crippen LogP contribution in [-0.2, 0) is 6.42 Å². The van der Waals surface area contributed by atoms with Crippen LogP contribution in [0.3, 0.4) is 0 Å². The van der Waals surface area contributed by atoms with Gasteiger partial charge in [-0.25, -0.2) is 0 Å². The predicted molar refractivity (Wildman–Crippen MR) is 73.3 cm³/mol. The lowest BCUT2D eigenvalue weighted by molar-refractivity contribution is 0.162. The maximum atomic E-state index is 14.4. The van der Waals surface area contributed by atoms with Gasteiger partial charge in [0.1, 0.15) is 13.2 Å². The average molecular weight is 281 g/mol. The minimum Gasteiger partial charge on any atom is -0.493 e. The summed E-state index contributed by atoms with van der Waals surface area (Å²) in [7, 11) is 1.49. The van der Waals surface area contributed by atoms with Gasteiger partial charge < -0.3 is 19.5 Å². The molecule has 5 heteroatoms. The van der Waals surface area contributed by atoms with Crippen LogP contribution in [0.25, 0.3) is 0 Å². The summed E-state index contributed by atoms with van der Waals surface area (Å²) in [4.78, 5) is 0. The van der Waals surface area contributed by atoms with Crippen LogP contribution >= 0.6 is 0 Å². The molecule has 0 aromatic heterocycles. The van der Waals surface area contributed by atoms with E-state index in [0.717, 1.165) is 24.9 Å². The first kappa shape index (κ1) is 13.5. The summed E-state index contributed by atoms with van der Waals surface area (Å²) < 4.78 is 30.5. The number of hydrogen-bond donors (Lipinski definition) is 1. The summed E-state index contributed by atoms with van der Waals surface area (Å²) in [5, 5.41) is 3.47. The Morgan fingerprint density at radius 2 is 2.20 bits per heavy atom. The summed E-state index contributed by atoms with van der Waals surface area (Å²) in [5.41, 5.74) is 0.841. The molecule has 1 aromatic carbocycles. The summed E-state index contributed by atoms with van der Waals surface area (Å²) in [6.45, 7) is 1.86. The summed E-state index contributed by atoms with van der Waals surface area (Å²) in [6, 6.07) is 2.23. The predicted octanol–water partition coefficient (Wildman–Crippen LogP) is 2.29. The summed E-state index contributed by atoms with van der Waals surface area (Å²) in [5.74, 6) is 0.492. The lowest BCUT2D eigenvalue weighted by atomic mass is 9.96. The number of fused-ring (bicyclic) bond motifs is 1. The number of halogens is 1. The quantitative estimate of drug-likeness (QED) is 0.923. The van der Waals surface area contributed by atoms with Crippen molar-refractivity contribution in [2.24, 2.45) is 0 Å². The smallest absolute Gasteiger partial charge is 0.210 e. The first-order valence-electron chi connectivity index (χ1n) is 7.18. The summed E-state index contributed by atoms with van der Waals surface area (Å²) >= 11 is 0. The minimum atomic E-state index is -0.449. The van der Waals surface area contributed by atoms with Crippen molar-refractivity contribution >= 4 is 0 Å². The Labute approximate surface area is 118 Å². The van der Waals surface area contributed by atoms with Crippen LogP contribution in [0.4, 0.5) is 4.39 Å². The molecule has 1 atom stereocenters. The van der Waals surface area contributed by atoms with E-state index in [1.807, 2.05) is 6.07 Å². The van der Waals surface area contributed by atoms with Crippen LogP contribution < -0.4 is 19.5 Å². The Morgan fingerprint density at radius 1 is 1.35 bits per heavy atom. The molecule has 0 saturated carbocycles. The van der Waals surface area contributed by atoms with Crippen LogP contribution in [-0.4, -0.2) is 32.9 Å². The third kappa shape index (κ3) is 2.54. The Kier molecular flexibility index (Phi) is 3.96. The molecule has 1 fully saturated rings. The zero-order valence-electron chi connectivity index (χ0n) is 11.7. The Bertz CT molecular complexity index is 486. The molecule has 0 amide bonds. The van der Waals surface area contributed by atoms with Crippen molar-refractivity contribution < 1.29 is 18.6 Å². The van der Waals surface area contributed by atoms with Gasteiger partial charge in [0.25, 0.3) is 0 Å². The SMILES string of the molecule is COc1c(CC2CCCCN2)cc2c(c1F)OCCO2. The molecule has 2 aliphatic heterocycles. The maximum Gasteiger partial charge on any atom is 0.210 e. The number of nitrogens with one attached hydrogen (secondary N) is 1. The van der Waals surface area contributed by atoms with E-state index in [-0.39, 0.29) is 11.5 Å². The standard InChI is InChI=1S/C15H20FNO3/c1-18-14-10(8-11-4-2-3-5-17-11)9-12-15(13(14)16)20-7-6-19-12/h9,11,17H,2-8H2,1H3. The van der Waals surface area contributed by atoms with Crippen molar-refractivity contribution in [2.45, 2.75) is 31.7 Å². The van der Waals surface area contributed by atoms with Gasteiger partial charge >= 0.3 is 0 Å². The van der Waals surface area contributed by atoms with Crippen LogP contribution in [0.15, 0.2) is 6.07 Å². The van der Waals surface area contributed by atoms with Gasteiger partial charge in [0.05, 0.1) is 7.11 Å². The number of hydrogen-bond acceptors (Lipinski definition) is 4. The average Bonchev–Trinajstić information content (AvgIpc) is 2.49. The van der Waals surface area contributed by atoms with Crippen molar-refractivity contribution in [1.29, 1.82) is 0 Å². The molecule has 3 rings (SSSR count). The van der Waals surface area contributed by atoms with Gasteiger partial charge in [-0.3, -0.25) is 0 Å². The molecule has 1 saturated heterocycles. The molecule has 0 radical (unpaired) electrons. The molecule has 1 unspecified atom stereocenters. The fourth-order valence-corrected chi connectivity index (χ4v) is 2.91. The van der Waals surface area contributed by atoms with Crippen LogP contribution in [0.2, 0.25) is 0 Å². The van der Waals surface area contributed by atoms with E-state index in [2.05, 4.69) is 5.32 Å². The van der Waals surface area contributed by atoms with Gasteiger partial charge in [-0.1, -0.05) is 6.42 Å². The molecular formula is C15H20FNO3. The van der Waals surface area contributed by atoms with E-state index in [1.54, 1.807) is 0 Å². The molecule has 4 nitrogen and oxygen atoms in total. The zero-order chi connectivity index (χ0) is 13.9. The molecule has 0 bridgehead atoms. The molecule has 0 spiro atoms. The number of methoxy groups -OCH3 is 1. The topological polar surface area (TPSA) is 39.7 Å². The van der Waals surface area contributed by atoms with Gasteiger partial charge in [0.15, 0.2) is 11.5 Å². The monoisotopic (exact) mass is 281 g/mol. The van der Waals surface area contributed by atoms with Crippen molar-refractivity contribution in [1.82, 2.24) is 5.32 Å². The molecule has 20 heavy (non-hydrogen) atoms. The van der Waals surface area contributed by atoms with Crippen molar-refractivity contribution in [3.05, 3.63) is 17.4 Å². The van der Waals surface area contributed by atoms with E-state index in [0.29, 0.717) is 25.0 Å². The molecule has 1 aromatic rings. The molecule has 110 valence electrons. The van der Waals surface area contributed by atoms with E-state index >= 15 is 0 Å². The van der Waals surface area contributed by atoms with E-state index in [4.69, 9.17) is 14.2 Å². The second-order valence-corrected chi connectivity index (χ2v) is 5.26. The van der Waals surface area contributed by atoms with E-state index < -0.39 is 5.82 Å². The van der Waals surface area contributed by atoms with Crippen LogP contribution in [0.1, 0.15) is 24.8 Å². The van der Waals surface area contributed by atoms with Crippen molar-refractivity contribution in [3.8, 4) is 17.2 Å². The third-order valence-electron chi connectivity index (χ3n) is 3.89. The Morgan fingerprint density at radius 3 is 2.95 bits per heavy atom. The van der Waals surface area contributed by atoms with Crippen LogP contribution in [0, 0.1) is 5.82 Å². The first-order chi connectivity index (χ1) is 9.79. The number of ether oxygens (including phenoxy) is 3. The van der Waals surface area contributed by atoms with E-state index in [1.165, 1.54) is 20.0 Å². The zero-order valence-corrected chi connectivity index (χ0v) is 11.7. The third-order valence-corrected chi connectivity index (χ3v) is 3.89. The first-order valence-corrected chi connectivity index (χ1v) is 7.18. The highest BCUT2D eigenvalue weighted by molar-refractivity contribution is 5.53. The van der Waals surface area contributed by atoms with Gasteiger partial charge in [-0.15, -0.1) is 0 Å². The number of piperidine rings is 1. The normalized spacial score (nSPS) is 21.6. The summed E-state index contributed by atoms with van der Waals surface area (Å²) in [6.07, 6.45) is 4.28. The van der Waals surface area contributed by atoms with Gasteiger partial charge in [0.2, 0.25) is 11.6 Å². The van der Waals surface area contributed by atoms with Crippen molar-refractivity contribution in [2.75, 3.05) is 26.9 Å². The Balaban J connectivity index is 1.90. The van der Waals surface area contributed by atoms with E-state index in [9.17, 15) is 4.39 Å². The highest BCUT2D eigenvalue weighted by Gasteiger charge is 2.25. The fraction of sp³-hybridized carbons (Fsp3) is 0.600. The molecule has 2 heterocycles. The highest BCUT2D eigenvalue weighted by atomic mass is 19.1. The number of rotatable bonds is 3. The fourth-order valence-electron chi connectivity index (χ4n) is 2.91. The largest absolute Gasteiger partial charge is 0.493 e. The molecule has 0 aliphatic carbocycles.